The summed E-state index contributed by atoms with van der Waals surface area (Å²) in [6.45, 7) is 2.47. The van der Waals surface area contributed by atoms with Crippen molar-refractivity contribution >= 4 is 11.9 Å². The molecule has 2 aliphatic rings. The number of amides is 1. The molecule has 2 aliphatic heterocycles. The van der Waals surface area contributed by atoms with E-state index in [0.717, 1.165) is 32.1 Å². The zero-order valence-electron chi connectivity index (χ0n) is 21.7. The summed E-state index contributed by atoms with van der Waals surface area (Å²) in [5, 5.41) is 53.6. The van der Waals surface area contributed by atoms with Crippen LogP contribution in [-0.4, -0.2) is 119 Å². The van der Waals surface area contributed by atoms with Gasteiger partial charge in [-0.1, -0.05) is 25.7 Å². The molecule has 2 heterocycles. The van der Waals surface area contributed by atoms with Crippen molar-refractivity contribution in [3.05, 3.63) is 0 Å². The molecule has 0 spiro atoms. The fourth-order valence-corrected chi connectivity index (χ4v) is 4.42. The van der Waals surface area contributed by atoms with E-state index in [1.807, 2.05) is 0 Å². The molecule has 6 N–H and O–H groups in total. The van der Waals surface area contributed by atoms with Crippen LogP contribution in [0.15, 0.2) is 0 Å². The molecular weight excluding hydrogens is 494 g/mol. The number of methoxy groups -OCH3 is 1. The third kappa shape index (κ3) is 9.37. The number of rotatable bonds is 14. The van der Waals surface area contributed by atoms with Crippen LogP contribution in [0, 0.1) is 0 Å². The fraction of sp³-hybridized carbons (Fsp3) is 0.917. The van der Waals surface area contributed by atoms with Gasteiger partial charge >= 0.3 is 5.97 Å². The number of ether oxygens (including phenoxy) is 5. The molecule has 0 aliphatic carbocycles. The maximum Gasteiger partial charge on any atom is 0.305 e. The van der Waals surface area contributed by atoms with Crippen molar-refractivity contribution in [2.45, 2.75) is 120 Å². The average Bonchev–Trinajstić information content (AvgIpc) is 2.87. The zero-order chi connectivity index (χ0) is 27.5. The van der Waals surface area contributed by atoms with E-state index < -0.39 is 73.9 Å². The Bertz CT molecular complexity index is 697. The lowest BCUT2D eigenvalue weighted by Crippen LogP contribution is -2.67. The first-order valence-corrected chi connectivity index (χ1v) is 12.9. The highest BCUT2D eigenvalue weighted by atomic mass is 16.7. The van der Waals surface area contributed by atoms with Crippen LogP contribution in [-0.2, 0) is 33.3 Å². The molecule has 0 bridgehead atoms. The minimum absolute atomic E-state index is 0.212. The molecule has 13 heteroatoms. The van der Waals surface area contributed by atoms with E-state index in [4.69, 9.17) is 18.9 Å². The van der Waals surface area contributed by atoms with Crippen molar-refractivity contribution in [2.24, 2.45) is 0 Å². The van der Waals surface area contributed by atoms with E-state index in [2.05, 4.69) is 10.1 Å². The van der Waals surface area contributed by atoms with Crippen LogP contribution in [0.3, 0.4) is 0 Å². The molecule has 2 rings (SSSR count). The lowest BCUT2D eigenvalue weighted by atomic mass is 9.95. The molecule has 10 atom stereocenters. The number of carbonyl (C=O) groups is 2. The molecule has 2 saturated heterocycles. The van der Waals surface area contributed by atoms with Crippen molar-refractivity contribution in [3.8, 4) is 0 Å². The van der Waals surface area contributed by atoms with E-state index >= 15 is 0 Å². The SMILES string of the molecule is COC(=O)CCCCCCCCO[C@@H]1O[C@H](CO)[C@@H](O)[C@H](O[C@H]2O[C@@H](C)[C@@H](O)[C@@H](O)[C@@H]2O)[C@H]1NC(C)=O. The third-order valence-electron chi connectivity index (χ3n) is 6.61. The molecule has 216 valence electrons. The van der Waals surface area contributed by atoms with Crippen LogP contribution in [0.4, 0.5) is 0 Å². The maximum absolute atomic E-state index is 11.9. The summed E-state index contributed by atoms with van der Waals surface area (Å²) in [7, 11) is 1.37. The van der Waals surface area contributed by atoms with E-state index in [-0.39, 0.29) is 12.6 Å². The standard InChI is InChI=1S/C24H43NO12/c1-13-18(29)20(31)21(32)24(35-13)37-22-17(25-14(2)27)23(36-15(12-26)19(22)30)34-11-9-7-5-4-6-8-10-16(28)33-3/h13,15,17-24,26,29-32H,4-12H2,1-3H3,(H,25,27)/t13-,15+,17+,18+,19+,20+,21-,22+,23+,24+/m0/s1. The van der Waals surface area contributed by atoms with Crippen LogP contribution in [0.25, 0.3) is 0 Å². The van der Waals surface area contributed by atoms with Crippen molar-refractivity contribution in [1.29, 1.82) is 0 Å². The number of hydrogen-bond donors (Lipinski definition) is 6. The van der Waals surface area contributed by atoms with Crippen molar-refractivity contribution in [2.75, 3.05) is 20.3 Å². The number of carbonyl (C=O) groups excluding carboxylic acids is 2. The van der Waals surface area contributed by atoms with E-state index in [1.165, 1.54) is 21.0 Å². The number of aliphatic hydroxyl groups is 5. The Balaban J connectivity index is 1.95. The summed E-state index contributed by atoms with van der Waals surface area (Å²) in [6, 6.07) is -1.02. The van der Waals surface area contributed by atoms with Crippen molar-refractivity contribution in [1.82, 2.24) is 5.32 Å². The molecule has 0 aromatic carbocycles. The van der Waals surface area contributed by atoms with Crippen LogP contribution in [0.5, 0.6) is 0 Å². The second kappa shape index (κ2) is 15.9. The molecule has 0 saturated carbocycles. The first kappa shape index (κ1) is 31.8. The predicted molar refractivity (Wildman–Crippen MR) is 127 cm³/mol. The Labute approximate surface area is 217 Å². The Hall–Kier alpha value is -1.42. The topological polar surface area (TPSA) is 193 Å². The smallest absolute Gasteiger partial charge is 0.305 e. The third-order valence-corrected chi connectivity index (χ3v) is 6.61. The van der Waals surface area contributed by atoms with Gasteiger partial charge in [0.1, 0.15) is 42.7 Å². The largest absolute Gasteiger partial charge is 0.469 e. The average molecular weight is 538 g/mol. The quantitative estimate of drug-likeness (QED) is 0.113. The highest BCUT2D eigenvalue weighted by Gasteiger charge is 2.51. The highest BCUT2D eigenvalue weighted by molar-refractivity contribution is 5.73. The first-order chi connectivity index (χ1) is 17.6. The van der Waals surface area contributed by atoms with Gasteiger partial charge in [-0.2, -0.15) is 0 Å². The Morgan fingerprint density at radius 3 is 2.14 bits per heavy atom. The van der Waals surface area contributed by atoms with Gasteiger partial charge in [-0.25, -0.2) is 0 Å². The highest BCUT2D eigenvalue weighted by Crippen LogP contribution is 2.29. The first-order valence-electron chi connectivity index (χ1n) is 12.9. The van der Waals surface area contributed by atoms with E-state index in [1.54, 1.807) is 0 Å². The van der Waals surface area contributed by atoms with Gasteiger partial charge in [0.05, 0.1) is 19.8 Å². The number of nitrogens with one attached hydrogen (secondary N) is 1. The predicted octanol–water partition coefficient (Wildman–Crippen LogP) is -1.30. The molecular formula is C24H43NO12. The van der Waals surface area contributed by atoms with Gasteiger partial charge in [-0.05, 0) is 19.8 Å². The Morgan fingerprint density at radius 2 is 1.51 bits per heavy atom. The van der Waals surface area contributed by atoms with Gasteiger partial charge in [0.2, 0.25) is 5.91 Å². The van der Waals surface area contributed by atoms with Crippen molar-refractivity contribution < 1.29 is 58.8 Å². The Kier molecular flexibility index (Phi) is 13.6. The summed E-state index contributed by atoms with van der Waals surface area (Å²) >= 11 is 0. The normalized spacial score (nSPS) is 36.2. The van der Waals surface area contributed by atoms with Gasteiger partial charge in [-0.15, -0.1) is 0 Å². The van der Waals surface area contributed by atoms with Gasteiger partial charge in [0.25, 0.3) is 0 Å². The molecule has 2 fully saturated rings. The number of aliphatic hydroxyl groups excluding tert-OH is 5. The molecule has 1 amide bonds. The molecule has 0 aromatic rings. The molecule has 0 aromatic heterocycles. The molecule has 0 unspecified atom stereocenters. The van der Waals surface area contributed by atoms with Crippen LogP contribution in [0.2, 0.25) is 0 Å². The van der Waals surface area contributed by atoms with Gasteiger partial charge in [-0.3, -0.25) is 9.59 Å². The van der Waals surface area contributed by atoms with Crippen molar-refractivity contribution in [3.63, 3.8) is 0 Å². The van der Waals surface area contributed by atoms with Crippen LogP contribution >= 0.6 is 0 Å². The van der Waals surface area contributed by atoms with Gasteiger partial charge < -0.3 is 54.5 Å². The van der Waals surface area contributed by atoms with Crippen LogP contribution in [0.1, 0.15) is 58.8 Å². The zero-order valence-corrected chi connectivity index (χ0v) is 21.7. The monoisotopic (exact) mass is 537 g/mol. The minimum atomic E-state index is -1.63. The Morgan fingerprint density at radius 1 is 0.865 bits per heavy atom. The van der Waals surface area contributed by atoms with Gasteiger partial charge in [0.15, 0.2) is 12.6 Å². The number of esters is 1. The fourth-order valence-electron chi connectivity index (χ4n) is 4.42. The van der Waals surface area contributed by atoms with E-state index in [0.29, 0.717) is 12.8 Å². The molecule has 37 heavy (non-hydrogen) atoms. The molecule has 0 radical (unpaired) electrons. The second-order valence-electron chi connectivity index (χ2n) is 9.54. The minimum Gasteiger partial charge on any atom is -0.469 e. The summed E-state index contributed by atoms with van der Waals surface area (Å²) < 4.78 is 27.5. The number of hydrogen-bond acceptors (Lipinski definition) is 12. The lowest BCUT2D eigenvalue weighted by molar-refractivity contribution is -0.341. The summed E-state index contributed by atoms with van der Waals surface area (Å²) in [5.41, 5.74) is 0. The maximum atomic E-state index is 11.9. The van der Waals surface area contributed by atoms with E-state index in [9.17, 15) is 35.1 Å². The second-order valence-corrected chi connectivity index (χ2v) is 9.54. The van der Waals surface area contributed by atoms with Crippen LogP contribution < -0.4 is 5.32 Å². The molecule has 13 nitrogen and oxygen atoms in total. The summed E-state index contributed by atoms with van der Waals surface area (Å²) in [6.07, 6.45) is -6.11. The summed E-state index contributed by atoms with van der Waals surface area (Å²) in [5.74, 6) is -0.664. The summed E-state index contributed by atoms with van der Waals surface area (Å²) in [4.78, 5) is 23.1. The number of unbranched alkanes of at least 4 members (excludes halogenated alkanes) is 5. The lowest BCUT2D eigenvalue weighted by Gasteiger charge is -2.47. The van der Waals surface area contributed by atoms with Gasteiger partial charge in [0, 0.05) is 20.0 Å².